The number of esters is 1. The lowest BCUT2D eigenvalue weighted by Gasteiger charge is -1.98. The van der Waals surface area contributed by atoms with Gasteiger partial charge in [-0.05, 0) is 13.0 Å². The number of hydrogen-bond acceptors (Lipinski definition) is 6. The largest absolute Gasteiger partial charge is 0.451 e. The number of aromatic amines is 1. The molecule has 0 aliphatic heterocycles. The number of ether oxygens (including phenoxy) is 1. The van der Waals surface area contributed by atoms with E-state index in [0.29, 0.717) is 11.4 Å². The van der Waals surface area contributed by atoms with Gasteiger partial charge in [-0.2, -0.15) is 4.98 Å². The zero-order valence-corrected chi connectivity index (χ0v) is 12.3. The molecule has 2 heterocycles. The highest BCUT2D eigenvalue weighted by molar-refractivity contribution is 5.97. The summed E-state index contributed by atoms with van der Waals surface area (Å²) in [6.07, 6.45) is 1.46. The van der Waals surface area contributed by atoms with Crippen LogP contribution in [0.3, 0.4) is 0 Å². The van der Waals surface area contributed by atoms with Crippen molar-refractivity contribution in [1.29, 1.82) is 0 Å². The van der Waals surface area contributed by atoms with E-state index in [1.807, 2.05) is 30.3 Å². The van der Waals surface area contributed by atoms with Crippen molar-refractivity contribution >= 4 is 11.8 Å². The third kappa shape index (κ3) is 3.34. The molecule has 23 heavy (non-hydrogen) atoms. The summed E-state index contributed by atoms with van der Waals surface area (Å²) in [5, 5.41) is 3.83. The van der Waals surface area contributed by atoms with E-state index in [1.165, 1.54) is 19.2 Å². The zero-order chi connectivity index (χ0) is 16.2. The van der Waals surface area contributed by atoms with Crippen LogP contribution in [0, 0.1) is 0 Å². The molecule has 3 aromatic rings. The molecule has 0 unspecified atom stereocenters. The Morgan fingerprint density at radius 3 is 2.74 bits per heavy atom. The smallest absolute Gasteiger partial charge is 0.355 e. The monoisotopic (exact) mass is 311 g/mol. The van der Waals surface area contributed by atoms with Crippen LogP contribution in [0.5, 0.6) is 0 Å². The quantitative estimate of drug-likeness (QED) is 0.574. The SMILES string of the molecule is CC(=O)c1c[nH]c(C(=O)OCc2nc(-c3ccccc3)no2)c1. The van der Waals surface area contributed by atoms with Crippen LogP contribution in [0.25, 0.3) is 11.4 Å². The Hall–Kier alpha value is -3.22. The fraction of sp³-hybridized carbons (Fsp3) is 0.125. The lowest BCUT2D eigenvalue weighted by atomic mass is 10.2. The first kappa shape index (κ1) is 14.7. The first-order valence-electron chi connectivity index (χ1n) is 6.88. The number of aromatic nitrogens is 3. The Morgan fingerprint density at radius 1 is 1.26 bits per heavy atom. The molecule has 0 amide bonds. The highest BCUT2D eigenvalue weighted by atomic mass is 16.6. The Kier molecular flexibility index (Phi) is 4.01. The van der Waals surface area contributed by atoms with Gasteiger partial charge in [0.05, 0.1) is 0 Å². The number of benzene rings is 1. The summed E-state index contributed by atoms with van der Waals surface area (Å²) in [5.41, 5.74) is 1.42. The molecule has 0 aliphatic carbocycles. The molecule has 0 aliphatic rings. The van der Waals surface area contributed by atoms with Crippen LogP contribution in [0.1, 0.15) is 33.7 Å². The molecule has 3 rings (SSSR count). The Morgan fingerprint density at radius 2 is 2.04 bits per heavy atom. The van der Waals surface area contributed by atoms with Gasteiger partial charge in [0.2, 0.25) is 5.82 Å². The number of H-pyrrole nitrogens is 1. The summed E-state index contributed by atoms with van der Waals surface area (Å²) < 4.78 is 10.1. The van der Waals surface area contributed by atoms with Crippen LogP contribution in [0.4, 0.5) is 0 Å². The average Bonchev–Trinajstić information content (AvgIpc) is 3.23. The highest BCUT2D eigenvalue weighted by Gasteiger charge is 2.14. The predicted octanol–water partition coefficient (Wildman–Crippen LogP) is 2.62. The Balaban J connectivity index is 1.63. The van der Waals surface area contributed by atoms with Crippen molar-refractivity contribution in [2.75, 3.05) is 0 Å². The zero-order valence-electron chi connectivity index (χ0n) is 12.3. The van der Waals surface area contributed by atoms with Crippen LogP contribution in [-0.2, 0) is 11.3 Å². The van der Waals surface area contributed by atoms with E-state index in [-0.39, 0.29) is 24.0 Å². The van der Waals surface area contributed by atoms with Crippen molar-refractivity contribution in [3.05, 3.63) is 59.7 Å². The fourth-order valence-electron chi connectivity index (χ4n) is 1.94. The molecule has 116 valence electrons. The van der Waals surface area contributed by atoms with Crippen molar-refractivity contribution < 1.29 is 18.8 Å². The second-order valence-corrected chi connectivity index (χ2v) is 4.81. The summed E-state index contributed by atoms with van der Waals surface area (Å²) in [6, 6.07) is 10.8. The molecule has 0 spiro atoms. The van der Waals surface area contributed by atoms with E-state index in [9.17, 15) is 9.59 Å². The van der Waals surface area contributed by atoms with Crippen LogP contribution < -0.4 is 0 Å². The molecule has 7 heteroatoms. The van der Waals surface area contributed by atoms with Crippen LogP contribution in [0.2, 0.25) is 0 Å². The first-order valence-corrected chi connectivity index (χ1v) is 6.88. The maximum atomic E-state index is 11.9. The third-order valence-corrected chi connectivity index (χ3v) is 3.14. The first-order chi connectivity index (χ1) is 11.1. The molecule has 1 N–H and O–H groups in total. The minimum Gasteiger partial charge on any atom is -0.451 e. The second-order valence-electron chi connectivity index (χ2n) is 4.81. The standard InChI is InChI=1S/C16H13N3O4/c1-10(20)12-7-13(17-8-12)16(21)22-9-14-18-15(19-23-14)11-5-3-2-4-6-11/h2-8,17H,9H2,1H3. The molecular weight excluding hydrogens is 298 g/mol. The van der Waals surface area contributed by atoms with Crippen LogP contribution >= 0.6 is 0 Å². The maximum absolute atomic E-state index is 11.9. The molecule has 2 aromatic heterocycles. The molecule has 0 saturated heterocycles. The van der Waals surface area contributed by atoms with Crippen molar-refractivity contribution in [1.82, 2.24) is 15.1 Å². The Bertz CT molecular complexity index is 836. The van der Waals surface area contributed by atoms with Gasteiger partial charge in [-0.15, -0.1) is 0 Å². The highest BCUT2D eigenvalue weighted by Crippen LogP contribution is 2.15. The fourth-order valence-corrected chi connectivity index (χ4v) is 1.94. The van der Waals surface area contributed by atoms with E-state index in [2.05, 4.69) is 15.1 Å². The van der Waals surface area contributed by atoms with Crippen LogP contribution in [0.15, 0.2) is 47.1 Å². The van der Waals surface area contributed by atoms with Crippen molar-refractivity contribution in [2.24, 2.45) is 0 Å². The van der Waals surface area contributed by atoms with E-state index in [0.717, 1.165) is 5.56 Å². The van der Waals surface area contributed by atoms with Gasteiger partial charge in [-0.3, -0.25) is 4.79 Å². The lowest BCUT2D eigenvalue weighted by molar-refractivity contribution is 0.0423. The summed E-state index contributed by atoms with van der Waals surface area (Å²) >= 11 is 0. The minimum absolute atomic E-state index is 0.135. The molecule has 0 atom stereocenters. The summed E-state index contributed by atoms with van der Waals surface area (Å²) in [7, 11) is 0. The molecule has 7 nitrogen and oxygen atoms in total. The predicted molar refractivity (Wildman–Crippen MR) is 79.7 cm³/mol. The van der Waals surface area contributed by atoms with Crippen molar-refractivity contribution in [3.63, 3.8) is 0 Å². The van der Waals surface area contributed by atoms with Gasteiger partial charge < -0.3 is 14.2 Å². The van der Waals surface area contributed by atoms with E-state index < -0.39 is 5.97 Å². The number of rotatable bonds is 5. The minimum atomic E-state index is -0.600. The van der Waals surface area contributed by atoms with Gasteiger partial charge in [0, 0.05) is 17.3 Å². The number of nitrogens with zero attached hydrogens (tertiary/aromatic N) is 2. The molecular formula is C16H13N3O4. The Labute approximate surface area is 131 Å². The van der Waals surface area contributed by atoms with Gasteiger partial charge in [0.1, 0.15) is 5.69 Å². The summed E-state index contributed by atoms with van der Waals surface area (Å²) in [6.45, 7) is 1.27. The molecule has 0 fully saturated rings. The lowest BCUT2D eigenvalue weighted by Crippen LogP contribution is -2.05. The number of Topliss-reactive ketones (excluding diaryl/α,β-unsaturated/α-hetero) is 1. The number of carbonyl (C=O) groups is 2. The topological polar surface area (TPSA) is 98.1 Å². The van der Waals surface area contributed by atoms with Crippen molar-refractivity contribution in [2.45, 2.75) is 13.5 Å². The maximum Gasteiger partial charge on any atom is 0.355 e. The van der Waals surface area contributed by atoms with E-state index >= 15 is 0 Å². The normalized spacial score (nSPS) is 10.5. The van der Waals surface area contributed by atoms with Gasteiger partial charge in [-0.25, -0.2) is 4.79 Å². The van der Waals surface area contributed by atoms with Crippen molar-refractivity contribution in [3.8, 4) is 11.4 Å². The number of carbonyl (C=O) groups excluding carboxylic acids is 2. The van der Waals surface area contributed by atoms with Gasteiger partial charge in [-0.1, -0.05) is 35.5 Å². The molecule has 1 aromatic carbocycles. The summed E-state index contributed by atoms with van der Waals surface area (Å²) in [4.78, 5) is 29.9. The molecule has 0 saturated carbocycles. The van der Waals surface area contributed by atoms with Gasteiger partial charge in [0.15, 0.2) is 12.4 Å². The van der Waals surface area contributed by atoms with E-state index in [4.69, 9.17) is 9.26 Å². The number of nitrogens with one attached hydrogen (secondary N) is 1. The van der Waals surface area contributed by atoms with E-state index in [1.54, 1.807) is 0 Å². The van der Waals surface area contributed by atoms with Crippen LogP contribution in [-0.4, -0.2) is 26.9 Å². The molecule has 0 bridgehead atoms. The molecule has 0 radical (unpaired) electrons. The van der Waals surface area contributed by atoms with Gasteiger partial charge in [0.25, 0.3) is 5.89 Å². The summed E-state index contributed by atoms with van der Waals surface area (Å²) in [5.74, 6) is -0.118. The van der Waals surface area contributed by atoms with Gasteiger partial charge >= 0.3 is 5.97 Å². The third-order valence-electron chi connectivity index (χ3n) is 3.14. The number of hydrogen-bond donors (Lipinski definition) is 1. The second kappa shape index (κ2) is 6.27. The average molecular weight is 311 g/mol. The number of ketones is 1.